The number of benzene rings is 2. The van der Waals surface area contributed by atoms with E-state index in [1.54, 1.807) is 24.4 Å². The fraction of sp³-hybridized carbons (Fsp3) is 0.258. The summed E-state index contributed by atoms with van der Waals surface area (Å²) in [6.07, 6.45) is -2.77. The number of nitrogens with zero attached hydrogens (tertiary/aromatic N) is 3. The normalized spacial score (nSPS) is 16.7. The Morgan fingerprint density at radius 1 is 1.05 bits per heavy atom. The zero-order chi connectivity index (χ0) is 30.9. The van der Waals surface area contributed by atoms with Crippen LogP contribution in [0.4, 0.5) is 24.5 Å². The van der Waals surface area contributed by atoms with E-state index < -0.39 is 23.8 Å². The summed E-state index contributed by atoms with van der Waals surface area (Å²) in [5.74, 6) is 0.0967. The summed E-state index contributed by atoms with van der Waals surface area (Å²) in [7, 11) is 2.94. The zero-order valence-corrected chi connectivity index (χ0v) is 24.7. The lowest BCUT2D eigenvalue weighted by molar-refractivity contribution is -0.137. The van der Waals surface area contributed by atoms with Crippen molar-refractivity contribution in [2.24, 2.45) is 0 Å². The fourth-order valence-corrected chi connectivity index (χ4v) is 5.86. The molecule has 0 saturated carbocycles. The van der Waals surface area contributed by atoms with Gasteiger partial charge in [-0.2, -0.15) is 13.2 Å². The number of hydrogen-bond acceptors (Lipinski definition) is 5. The number of carbonyl (C=O) groups excluding carboxylic acids is 1. The Morgan fingerprint density at radius 3 is 2.51 bits per heavy atom. The van der Waals surface area contributed by atoms with Crippen molar-refractivity contribution in [3.63, 3.8) is 0 Å². The second kappa shape index (κ2) is 12.1. The largest absolute Gasteiger partial charge is 0.495 e. The second-order valence-corrected chi connectivity index (χ2v) is 10.5. The third-order valence-electron chi connectivity index (χ3n) is 7.33. The van der Waals surface area contributed by atoms with E-state index in [4.69, 9.17) is 21.7 Å². The molecule has 1 aliphatic rings. The van der Waals surface area contributed by atoms with Gasteiger partial charge in [0, 0.05) is 36.1 Å². The van der Waals surface area contributed by atoms with Crippen LogP contribution < -0.4 is 20.3 Å². The maximum Gasteiger partial charge on any atom is 0.416 e. The summed E-state index contributed by atoms with van der Waals surface area (Å²) in [6.45, 7) is 3.60. The molecule has 1 amide bonds. The Labute approximate surface area is 252 Å². The molecule has 1 saturated heterocycles. The first kappa shape index (κ1) is 30.1. The van der Waals surface area contributed by atoms with Gasteiger partial charge in [0.15, 0.2) is 5.11 Å². The van der Waals surface area contributed by atoms with Crippen LogP contribution in [0.5, 0.6) is 5.75 Å². The van der Waals surface area contributed by atoms with Gasteiger partial charge in [-0.3, -0.25) is 9.78 Å². The van der Waals surface area contributed by atoms with E-state index in [9.17, 15) is 18.0 Å². The molecule has 2 atom stereocenters. The molecule has 1 fully saturated rings. The highest BCUT2D eigenvalue weighted by Crippen LogP contribution is 2.45. The minimum absolute atomic E-state index is 0.136. The van der Waals surface area contributed by atoms with Crippen LogP contribution in [0, 0.1) is 13.8 Å². The molecule has 12 heteroatoms. The van der Waals surface area contributed by atoms with Crippen molar-refractivity contribution in [1.29, 1.82) is 0 Å². The van der Waals surface area contributed by atoms with Crippen LogP contribution in [-0.4, -0.2) is 41.4 Å². The quantitative estimate of drug-likeness (QED) is 0.228. The minimum Gasteiger partial charge on any atom is -0.495 e. The number of ether oxygens (including phenoxy) is 2. The van der Waals surface area contributed by atoms with Crippen LogP contribution in [0.25, 0.3) is 5.69 Å². The average molecular weight is 610 g/mol. The molecule has 0 radical (unpaired) electrons. The third-order valence-corrected chi connectivity index (χ3v) is 7.64. The monoisotopic (exact) mass is 609 g/mol. The summed E-state index contributed by atoms with van der Waals surface area (Å²) >= 11 is 5.86. The molecule has 0 spiro atoms. The second-order valence-electron chi connectivity index (χ2n) is 10.1. The molecule has 0 aliphatic carbocycles. The van der Waals surface area contributed by atoms with E-state index in [0.717, 1.165) is 34.8 Å². The molecule has 0 unspecified atom stereocenters. The van der Waals surface area contributed by atoms with Crippen molar-refractivity contribution in [2.45, 2.75) is 32.1 Å². The summed E-state index contributed by atoms with van der Waals surface area (Å²) in [5, 5.41) is 6.63. The van der Waals surface area contributed by atoms with Crippen LogP contribution in [0.15, 0.2) is 72.9 Å². The summed E-state index contributed by atoms with van der Waals surface area (Å²) < 4.78 is 53.0. The lowest BCUT2D eigenvalue weighted by atomic mass is 9.96. The first-order chi connectivity index (χ1) is 20.5. The molecular formula is C31H30F3N5O3S. The number of anilines is 2. The van der Waals surface area contributed by atoms with Gasteiger partial charge in [0.2, 0.25) is 5.91 Å². The van der Waals surface area contributed by atoms with Crippen LogP contribution >= 0.6 is 12.2 Å². The highest BCUT2D eigenvalue weighted by atomic mass is 32.1. The predicted molar refractivity (Wildman–Crippen MR) is 162 cm³/mol. The lowest BCUT2D eigenvalue weighted by Gasteiger charge is -2.29. The Morgan fingerprint density at radius 2 is 1.84 bits per heavy atom. The van der Waals surface area contributed by atoms with Gasteiger partial charge in [0.05, 0.1) is 36.1 Å². The molecule has 8 nitrogen and oxygen atoms in total. The van der Waals surface area contributed by atoms with Gasteiger partial charge >= 0.3 is 6.18 Å². The maximum atomic E-state index is 13.6. The summed E-state index contributed by atoms with van der Waals surface area (Å²) in [5.41, 5.74) is 3.86. The molecule has 4 aromatic rings. The Hall–Kier alpha value is -4.42. The fourth-order valence-electron chi connectivity index (χ4n) is 5.52. The van der Waals surface area contributed by atoms with Crippen LogP contribution in [0.2, 0.25) is 0 Å². The number of hydrogen-bond donors (Lipinski definition) is 2. The number of aryl methyl sites for hydroxylation is 1. The van der Waals surface area contributed by atoms with E-state index in [2.05, 4.69) is 15.6 Å². The molecule has 224 valence electrons. The van der Waals surface area contributed by atoms with Crippen molar-refractivity contribution < 1.29 is 27.4 Å². The molecule has 3 heterocycles. The van der Waals surface area contributed by atoms with E-state index in [0.29, 0.717) is 27.9 Å². The molecule has 43 heavy (non-hydrogen) atoms. The third kappa shape index (κ3) is 5.93. The Kier molecular flexibility index (Phi) is 8.43. The molecule has 0 bridgehead atoms. The standard InChI is InChI=1S/C31H30F3N5O3S/c1-18-14-23(19(2)38(18)21-9-7-8-20(15-21)31(32,33)34)29-28(24-10-5-6-13-35-24)37-30(43)39(29)22-11-12-26(42-4)25(16-22)36-27(40)17-41-3/h5-16,28-29H,17H2,1-4H3,(H,36,40)(H,37,43)/t28-,29+/m0/s1. The molecule has 2 N–H and O–H groups in total. The van der Waals surface area contributed by atoms with Gasteiger partial charge in [-0.15, -0.1) is 0 Å². The highest BCUT2D eigenvalue weighted by molar-refractivity contribution is 7.80. The smallest absolute Gasteiger partial charge is 0.416 e. The van der Waals surface area contributed by atoms with Gasteiger partial charge in [-0.05, 0) is 86.2 Å². The highest BCUT2D eigenvalue weighted by Gasteiger charge is 2.42. The Bertz CT molecular complexity index is 1660. The van der Waals surface area contributed by atoms with Crippen molar-refractivity contribution in [3.8, 4) is 11.4 Å². The van der Waals surface area contributed by atoms with Crippen LogP contribution in [0.3, 0.4) is 0 Å². The van der Waals surface area contributed by atoms with Gasteiger partial charge in [-0.1, -0.05) is 12.1 Å². The minimum atomic E-state index is -4.47. The first-order valence-corrected chi connectivity index (χ1v) is 13.8. The number of nitrogens with one attached hydrogen (secondary N) is 2. The topological polar surface area (TPSA) is 80.7 Å². The number of aromatic nitrogens is 2. The van der Waals surface area contributed by atoms with Gasteiger partial charge < -0.3 is 29.6 Å². The van der Waals surface area contributed by atoms with Crippen molar-refractivity contribution in [3.05, 3.63) is 101 Å². The number of methoxy groups -OCH3 is 2. The molecule has 2 aromatic heterocycles. The lowest BCUT2D eigenvalue weighted by Crippen LogP contribution is -2.29. The number of carbonyl (C=O) groups is 1. The van der Waals surface area contributed by atoms with Gasteiger partial charge in [0.25, 0.3) is 0 Å². The molecule has 2 aromatic carbocycles. The Balaban J connectivity index is 1.65. The zero-order valence-electron chi connectivity index (χ0n) is 23.9. The van der Waals surface area contributed by atoms with E-state index >= 15 is 0 Å². The molecular weight excluding hydrogens is 579 g/mol. The van der Waals surface area contributed by atoms with E-state index in [-0.39, 0.29) is 12.5 Å². The summed E-state index contributed by atoms with van der Waals surface area (Å²) in [4.78, 5) is 18.9. The van der Waals surface area contributed by atoms with Crippen molar-refractivity contribution in [1.82, 2.24) is 14.9 Å². The SMILES string of the molecule is COCC(=O)Nc1cc(N2C(=S)N[C@@H](c3ccccn3)[C@H]2c2cc(C)n(-c3cccc(C(F)(F)F)c3)c2C)ccc1OC. The predicted octanol–water partition coefficient (Wildman–Crippen LogP) is 6.28. The average Bonchev–Trinajstić information content (AvgIpc) is 3.47. The summed E-state index contributed by atoms with van der Waals surface area (Å²) in [6, 6.07) is 17.3. The van der Waals surface area contributed by atoms with Crippen LogP contribution in [0.1, 0.15) is 40.3 Å². The van der Waals surface area contributed by atoms with E-state index in [1.807, 2.05) is 53.6 Å². The maximum absolute atomic E-state index is 13.6. The van der Waals surface area contributed by atoms with Gasteiger partial charge in [0.1, 0.15) is 12.4 Å². The number of alkyl halides is 3. The number of halogens is 3. The molecule has 1 aliphatic heterocycles. The number of rotatable bonds is 8. The first-order valence-electron chi connectivity index (χ1n) is 13.4. The van der Waals surface area contributed by atoms with Crippen molar-refractivity contribution in [2.75, 3.05) is 31.0 Å². The number of pyridine rings is 1. The van der Waals surface area contributed by atoms with Crippen molar-refractivity contribution >= 4 is 34.6 Å². The van der Waals surface area contributed by atoms with Gasteiger partial charge in [-0.25, -0.2) is 0 Å². The number of amides is 1. The molecule has 5 rings (SSSR count). The number of thiocarbonyl (C=S) groups is 1. The van der Waals surface area contributed by atoms with Crippen LogP contribution in [-0.2, 0) is 15.7 Å². The van der Waals surface area contributed by atoms with E-state index in [1.165, 1.54) is 20.3 Å².